The Morgan fingerprint density at radius 2 is 1.00 bits per heavy atom. The normalized spacial score (nSPS) is 12.0. The Bertz CT molecular complexity index is 119. The molecule has 14 heavy (non-hydrogen) atoms. The van der Waals surface area contributed by atoms with Crippen LogP contribution < -0.4 is 0 Å². The predicted octanol–water partition coefficient (Wildman–Crippen LogP) is 1.89. The van der Waals surface area contributed by atoms with Gasteiger partial charge in [0.1, 0.15) is 19.4 Å². The molecule has 0 aromatic heterocycles. The van der Waals surface area contributed by atoms with E-state index >= 15 is 0 Å². The van der Waals surface area contributed by atoms with Crippen LogP contribution in [0, 0.1) is 0 Å². The van der Waals surface area contributed by atoms with Gasteiger partial charge in [-0.05, 0) is 0 Å². The van der Waals surface area contributed by atoms with E-state index in [-0.39, 0.29) is 0 Å². The first-order valence-electron chi connectivity index (χ1n) is 3.88. The lowest BCUT2D eigenvalue weighted by atomic mass is 10.4. The van der Waals surface area contributed by atoms with Gasteiger partial charge in [-0.2, -0.15) is 0 Å². The third kappa shape index (κ3) is 9.66. The topological polar surface area (TPSA) is 18.5 Å². The van der Waals surface area contributed by atoms with Crippen LogP contribution >= 0.6 is 0 Å². The summed E-state index contributed by atoms with van der Waals surface area (Å²) >= 11 is 0. The fraction of sp³-hybridized carbons (Fsp3) is 1.00. The molecule has 0 aliphatic heterocycles. The van der Waals surface area contributed by atoms with Crippen molar-refractivity contribution in [2.45, 2.75) is 19.0 Å². The lowest BCUT2D eigenvalue weighted by Gasteiger charge is -2.09. The summed E-state index contributed by atoms with van der Waals surface area (Å²) in [4.78, 5) is 0. The maximum Gasteiger partial charge on any atom is 0.261 e. The molecule has 0 N–H and O–H groups in total. The number of hydrogen-bond donors (Lipinski definition) is 0. The van der Waals surface area contributed by atoms with Crippen LogP contribution in [0.3, 0.4) is 0 Å². The Balaban J connectivity index is 3.23. The number of halogens is 5. The highest BCUT2D eigenvalue weighted by Gasteiger charge is 2.11. The smallest absolute Gasteiger partial charge is 0.261 e. The maximum atomic E-state index is 12.6. The van der Waals surface area contributed by atoms with Crippen LogP contribution in [0.5, 0.6) is 0 Å². The fourth-order valence-corrected chi connectivity index (χ4v) is 0.618. The Hall–Kier alpha value is -0.430. The Morgan fingerprint density at radius 3 is 1.29 bits per heavy atom. The highest BCUT2D eigenvalue weighted by atomic mass is 19.3. The van der Waals surface area contributed by atoms with E-state index in [1.54, 1.807) is 0 Å². The summed E-state index contributed by atoms with van der Waals surface area (Å²) in [5.41, 5.74) is 0. The van der Waals surface area contributed by atoms with Gasteiger partial charge in [-0.25, -0.2) is 22.0 Å². The molecule has 0 atom stereocenters. The monoisotopic (exact) mass is 222 g/mol. The third-order valence-corrected chi connectivity index (χ3v) is 1.09. The van der Waals surface area contributed by atoms with Crippen LogP contribution in [0.1, 0.15) is 0 Å². The van der Waals surface area contributed by atoms with Crippen molar-refractivity contribution in [2.24, 2.45) is 0 Å². The van der Waals surface area contributed by atoms with E-state index in [0.717, 1.165) is 0 Å². The van der Waals surface area contributed by atoms with Crippen molar-refractivity contribution in [2.75, 3.05) is 26.4 Å². The second-order valence-electron chi connectivity index (χ2n) is 2.45. The lowest BCUT2D eigenvalue weighted by molar-refractivity contribution is -0.0385. The molecule has 0 unspecified atom stereocenters. The zero-order chi connectivity index (χ0) is 11.0. The molecule has 0 rings (SSSR count). The highest BCUT2D eigenvalue weighted by Crippen LogP contribution is 1.99. The van der Waals surface area contributed by atoms with Crippen molar-refractivity contribution < 1.29 is 31.4 Å². The summed E-state index contributed by atoms with van der Waals surface area (Å²) in [5.74, 6) is 0. The summed E-state index contributed by atoms with van der Waals surface area (Å²) in [6.07, 6.45) is -6.99. The molecule has 0 bridgehead atoms. The third-order valence-electron chi connectivity index (χ3n) is 1.09. The number of hydrogen-bond acceptors (Lipinski definition) is 2. The van der Waals surface area contributed by atoms with E-state index in [2.05, 4.69) is 9.47 Å². The number of alkyl halides is 5. The van der Waals surface area contributed by atoms with Gasteiger partial charge in [0.15, 0.2) is 0 Å². The van der Waals surface area contributed by atoms with Crippen molar-refractivity contribution in [1.82, 2.24) is 0 Å². The van der Waals surface area contributed by atoms with Gasteiger partial charge < -0.3 is 9.47 Å². The lowest BCUT2D eigenvalue weighted by Crippen LogP contribution is -2.21. The molecule has 0 spiro atoms. The number of ether oxygens (including phenoxy) is 2. The Kier molecular flexibility index (Phi) is 7.68. The van der Waals surface area contributed by atoms with Crippen molar-refractivity contribution >= 4 is 0 Å². The summed E-state index contributed by atoms with van der Waals surface area (Å²) in [6.45, 7) is -2.88. The second kappa shape index (κ2) is 7.93. The molecule has 0 heterocycles. The van der Waals surface area contributed by atoms with Crippen LogP contribution in [0.2, 0.25) is 0 Å². The van der Waals surface area contributed by atoms with Crippen molar-refractivity contribution in [3.05, 3.63) is 0 Å². The molecule has 7 heteroatoms. The van der Waals surface area contributed by atoms with Crippen LogP contribution in [0.15, 0.2) is 0 Å². The first kappa shape index (κ1) is 13.6. The minimum Gasteiger partial charge on any atom is -0.372 e. The van der Waals surface area contributed by atoms with E-state index < -0.39 is 45.5 Å². The molecule has 86 valence electrons. The van der Waals surface area contributed by atoms with Gasteiger partial charge in [0, 0.05) is 0 Å². The SMILES string of the molecule is FC(F)COCC(F)COCC(F)F. The van der Waals surface area contributed by atoms with Crippen LogP contribution in [-0.2, 0) is 9.47 Å². The van der Waals surface area contributed by atoms with Crippen molar-refractivity contribution in [3.63, 3.8) is 0 Å². The zero-order valence-corrected chi connectivity index (χ0v) is 7.27. The minimum atomic E-state index is -2.66. The highest BCUT2D eigenvalue weighted by molar-refractivity contribution is 4.52. The molecule has 0 aromatic carbocycles. The van der Waals surface area contributed by atoms with Gasteiger partial charge in [0.2, 0.25) is 0 Å². The summed E-state index contributed by atoms with van der Waals surface area (Å²) in [6, 6.07) is 0. The molecule has 2 nitrogen and oxygen atoms in total. The first-order valence-corrected chi connectivity index (χ1v) is 3.88. The predicted molar refractivity (Wildman–Crippen MR) is 38.5 cm³/mol. The van der Waals surface area contributed by atoms with Crippen molar-refractivity contribution in [3.8, 4) is 0 Å². The molecule has 0 fully saturated rings. The van der Waals surface area contributed by atoms with E-state index in [0.29, 0.717) is 0 Å². The van der Waals surface area contributed by atoms with E-state index in [9.17, 15) is 22.0 Å². The fourth-order valence-electron chi connectivity index (χ4n) is 0.618. The summed E-state index contributed by atoms with van der Waals surface area (Å²) < 4.78 is 66.9. The maximum absolute atomic E-state index is 12.6. The summed E-state index contributed by atoms with van der Waals surface area (Å²) in [5, 5.41) is 0. The largest absolute Gasteiger partial charge is 0.372 e. The van der Waals surface area contributed by atoms with Gasteiger partial charge in [0.25, 0.3) is 12.9 Å². The first-order chi connectivity index (χ1) is 6.52. The van der Waals surface area contributed by atoms with Gasteiger partial charge in [-0.15, -0.1) is 0 Å². The average Bonchev–Trinajstić information content (AvgIpc) is 2.02. The average molecular weight is 222 g/mol. The van der Waals surface area contributed by atoms with Gasteiger partial charge in [0.05, 0.1) is 13.2 Å². The minimum absolute atomic E-state index is 0.576. The number of rotatable bonds is 8. The van der Waals surface area contributed by atoms with Gasteiger partial charge in [-0.3, -0.25) is 0 Å². The van der Waals surface area contributed by atoms with Gasteiger partial charge >= 0.3 is 0 Å². The molecule has 0 aromatic rings. The van der Waals surface area contributed by atoms with Crippen molar-refractivity contribution in [1.29, 1.82) is 0 Å². The molecular formula is C7H11F5O2. The standard InChI is InChI=1S/C7H11F5O2/c8-5(1-13-3-6(9)10)2-14-4-7(11)12/h5-7H,1-4H2. The molecule has 0 aliphatic carbocycles. The Labute approximate surface area is 78.0 Å². The molecule has 0 saturated heterocycles. The molecule has 0 aliphatic rings. The van der Waals surface area contributed by atoms with Crippen LogP contribution in [-0.4, -0.2) is 45.5 Å². The van der Waals surface area contributed by atoms with Crippen LogP contribution in [0.25, 0.3) is 0 Å². The Morgan fingerprint density at radius 1 is 0.643 bits per heavy atom. The van der Waals surface area contributed by atoms with E-state index in [4.69, 9.17) is 0 Å². The molecule has 0 radical (unpaired) electrons. The second-order valence-corrected chi connectivity index (χ2v) is 2.45. The molecule has 0 amide bonds. The molecule has 0 saturated carbocycles. The van der Waals surface area contributed by atoms with E-state index in [1.807, 2.05) is 0 Å². The van der Waals surface area contributed by atoms with Crippen LogP contribution in [0.4, 0.5) is 22.0 Å². The quantitative estimate of drug-likeness (QED) is 0.584. The van der Waals surface area contributed by atoms with Gasteiger partial charge in [-0.1, -0.05) is 0 Å². The summed E-state index contributed by atoms with van der Waals surface area (Å²) in [7, 11) is 0. The van der Waals surface area contributed by atoms with E-state index in [1.165, 1.54) is 0 Å². The molecular weight excluding hydrogens is 211 g/mol. The zero-order valence-electron chi connectivity index (χ0n) is 7.27.